The topological polar surface area (TPSA) is 79.4 Å². The molecule has 0 atom stereocenters. The van der Waals surface area contributed by atoms with Crippen LogP contribution in [0.5, 0.6) is 0 Å². The first-order valence-electron chi connectivity index (χ1n) is 7.75. The Labute approximate surface area is 152 Å². The van der Waals surface area contributed by atoms with Crippen LogP contribution in [0.4, 0.5) is 5.69 Å². The van der Waals surface area contributed by atoms with E-state index in [0.717, 1.165) is 11.8 Å². The zero-order valence-electron chi connectivity index (χ0n) is 13.9. The minimum atomic E-state index is -3.43. The molecule has 0 saturated carbocycles. The van der Waals surface area contributed by atoms with Gasteiger partial charge in [-0.05, 0) is 48.4 Å². The summed E-state index contributed by atoms with van der Waals surface area (Å²) in [5.41, 5.74) is 1.49. The summed E-state index contributed by atoms with van der Waals surface area (Å²) in [7, 11) is -3.43. The fourth-order valence-corrected chi connectivity index (χ4v) is 3.36. The lowest BCUT2D eigenvalue weighted by molar-refractivity contribution is -0.121. The number of nitrogens with one attached hydrogen (secondary N) is 1. The monoisotopic (exact) mass is 381 g/mol. The van der Waals surface area contributed by atoms with E-state index >= 15 is 0 Å². The summed E-state index contributed by atoms with van der Waals surface area (Å²) in [6, 6.07) is 10.2. The van der Waals surface area contributed by atoms with Crippen LogP contribution in [0.2, 0.25) is 5.02 Å². The van der Waals surface area contributed by atoms with Gasteiger partial charge >= 0.3 is 0 Å². The standard InChI is InChI=1S/C17H20ClN3O3S/c1-25(23,24)21(16-6-4-15(18)5-7-16)12-2-3-17(22)20-13-14-8-10-19-11-9-14/h4-11H,2-3,12-13H2,1H3,(H,20,22). The van der Waals surface area contributed by atoms with Crippen LogP contribution in [0.1, 0.15) is 18.4 Å². The van der Waals surface area contributed by atoms with Gasteiger partial charge in [-0.15, -0.1) is 0 Å². The maximum absolute atomic E-state index is 12.0. The normalized spacial score (nSPS) is 11.1. The molecule has 6 nitrogen and oxygen atoms in total. The number of aromatic nitrogens is 1. The third kappa shape index (κ3) is 6.36. The SMILES string of the molecule is CS(=O)(=O)N(CCCC(=O)NCc1ccncc1)c1ccc(Cl)cc1. The summed E-state index contributed by atoms with van der Waals surface area (Å²) in [5.74, 6) is -0.124. The van der Waals surface area contributed by atoms with Crippen LogP contribution in [-0.2, 0) is 21.4 Å². The van der Waals surface area contributed by atoms with Crippen LogP contribution in [0.25, 0.3) is 0 Å². The summed E-state index contributed by atoms with van der Waals surface area (Å²) in [6.45, 7) is 0.650. The highest BCUT2D eigenvalue weighted by molar-refractivity contribution is 7.92. The van der Waals surface area contributed by atoms with Crippen LogP contribution in [0.15, 0.2) is 48.8 Å². The summed E-state index contributed by atoms with van der Waals surface area (Å²) in [6.07, 6.45) is 5.13. The maximum Gasteiger partial charge on any atom is 0.232 e. The molecule has 0 unspecified atom stereocenters. The molecule has 1 N–H and O–H groups in total. The third-order valence-electron chi connectivity index (χ3n) is 3.52. The van der Waals surface area contributed by atoms with Crippen molar-refractivity contribution in [3.8, 4) is 0 Å². The van der Waals surface area contributed by atoms with Gasteiger partial charge in [-0.25, -0.2) is 8.42 Å². The fraction of sp³-hybridized carbons (Fsp3) is 0.294. The van der Waals surface area contributed by atoms with Gasteiger partial charge in [-0.3, -0.25) is 14.1 Å². The zero-order chi connectivity index (χ0) is 18.3. The van der Waals surface area contributed by atoms with E-state index in [0.29, 0.717) is 23.7 Å². The van der Waals surface area contributed by atoms with Crippen molar-refractivity contribution in [2.45, 2.75) is 19.4 Å². The number of rotatable bonds is 8. The highest BCUT2D eigenvalue weighted by Gasteiger charge is 2.17. The van der Waals surface area contributed by atoms with Gasteiger partial charge in [0.05, 0.1) is 11.9 Å². The van der Waals surface area contributed by atoms with Gasteiger partial charge in [0.2, 0.25) is 15.9 Å². The van der Waals surface area contributed by atoms with Crippen molar-refractivity contribution in [3.05, 3.63) is 59.4 Å². The summed E-state index contributed by atoms with van der Waals surface area (Å²) >= 11 is 5.84. The first kappa shape index (κ1) is 19.2. The first-order valence-corrected chi connectivity index (χ1v) is 9.98. The van der Waals surface area contributed by atoms with E-state index in [9.17, 15) is 13.2 Å². The van der Waals surface area contributed by atoms with Crippen LogP contribution >= 0.6 is 11.6 Å². The van der Waals surface area contributed by atoms with E-state index < -0.39 is 10.0 Å². The molecule has 0 fully saturated rings. The first-order chi connectivity index (χ1) is 11.9. The Kier molecular flexibility index (Phi) is 6.78. The Morgan fingerprint density at radius 3 is 2.40 bits per heavy atom. The van der Waals surface area contributed by atoms with Crippen molar-refractivity contribution in [3.63, 3.8) is 0 Å². The Morgan fingerprint density at radius 2 is 1.80 bits per heavy atom. The minimum Gasteiger partial charge on any atom is -0.352 e. The Hall–Kier alpha value is -2.12. The molecule has 0 saturated heterocycles. The number of pyridine rings is 1. The second-order valence-electron chi connectivity index (χ2n) is 5.55. The van der Waals surface area contributed by atoms with Gasteiger partial charge in [0.15, 0.2) is 0 Å². The number of sulfonamides is 1. The van der Waals surface area contributed by atoms with Crippen molar-refractivity contribution in [2.75, 3.05) is 17.1 Å². The molecule has 1 amide bonds. The van der Waals surface area contributed by atoms with Crippen LogP contribution in [0, 0.1) is 0 Å². The summed E-state index contributed by atoms with van der Waals surface area (Å²) in [5, 5.41) is 3.34. The van der Waals surface area contributed by atoms with E-state index in [2.05, 4.69) is 10.3 Å². The predicted octanol–water partition coefficient (Wildman–Crippen LogP) is 2.60. The largest absolute Gasteiger partial charge is 0.352 e. The minimum absolute atomic E-state index is 0.124. The molecule has 0 bridgehead atoms. The number of benzene rings is 1. The van der Waals surface area contributed by atoms with E-state index in [1.165, 1.54) is 4.31 Å². The third-order valence-corrected chi connectivity index (χ3v) is 4.97. The molecule has 134 valence electrons. The van der Waals surface area contributed by atoms with Crippen LogP contribution < -0.4 is 9.62 Å². The molecule has 1 aromatic carbocycles. The lowest BCUT2D eigenvalue weighted by Gasteiger charge is -2.22. The molecule has 0 radical (unpaired) electrons. The highest BCUT2D eigenvalue weighted by atomic mass is 35.5. The average molecular weight is 382 g/mol. The van der Waals surface area contributed by atoms with Crippen LogP contribution in [0.3, 0.4) is 0 Å². The quantitative estimate of drug-likeness (QED) is 0.762. The van der Waals surface area contributed by atoms with Crippen molar-refractivity contribution in [1.29, 1.82) is 0 Å². The maximum atomic E-state index is 12.0. The molecular formula is C17H20ClN3O3S. The van der Waals surface area contributed by atoms with Gasteiger partial charge in [0, 0.05) is 36.9 Å². The number of halogens is 1. The second kappa shape index (κ2) is 8.82. The van der Waals surface area contributed by atoms with E-state index in [1.54, 1.807) is 36.7 Å². The Bertz CT molecular complexity index is 796. The van der Waals surface area contributed by atoms with E-state index in [-0.39, 0.29) is 18.9 Å². The number of hydrogen-bond donors (Lipinski definition) is 1. The predicted molar refractivity (Wildman–Crippen MR) is 99.0 cm³/mol. The number of anilines is 1. The molecule has 1 aromatic heterocycles. The molecule has 1 heterocycles. The highest BCUT2D eigenvalue weighted by Crippen LogP contribution is 2.20. The van der Waals surface area contributed by atoms with Crippen molar-refractivity contribution < 1.29 is 13.2 Å². The second-order valence-corrected chi connectivity index (χ2v) is 7.89. The zero-order valence-corrected chi connectivity index (χ0v) is 15.4. The molecule has 0 spiro atoms. The summed E-state index contributed by atoms with van der Waals surface area (Å²) in [4.78, 5) is 15.8. The fourth-order valence-electron chi connectivity index (χ4n) is 2.27. The number of carbonyl (C=O) groups is 1. The van der Waals surface area contributed by atoms with Crippen molar-refractivity contribution in [2.24, 2.45) is 0 Å². The van der Waals surface area contributed by atoms with Gasteiger partial charge in [-0.2, -0.15) is 0 Å². The molecular weight excluding hydrogens is 362 g/mol. The lowest BCUT2D eigenvalue weighted by atomic mass is 10.2. The van der Waals surface area contributed by atoms with Gasteiger partial charge < -0.3 is 5.32 Å². The van der Waals surface area contributed by atoms with Gasteiger partial charge in [0.25, 0.3) is 0 Å². The van der Waals surface area contributed by atoms with Gasteiger partial charge in [0.1, 0.15) is 0 Å². The number of nitrogens with zero attached hydrogens (tertiary/aromatic N) is 2. The molecule has 2 aromatic rings. The molecule has 2 rings (SSSR count). The van der Waals surface area contributed by atoms with Crippen molar-refractivity contribution in [1.82, 2.24) is 10.3 Å². The van der Waals surface area contributed by atoms with Crippen LogP contribution in [-0.4, -0.2) is 32.1 Å². The van der Waals surface area contributed by atoms with Gasteiger partial charge in [-0.1, -0.05) is 11.6 Å². The van der Waals surface area contributed by atoms with Crippen molar-refractivity contribution >= 4 is 33.2 Å². The molecule has 0 aliphatic heterocycles. The molecule has 0 aliphatic rings. The summed E-state index contributed by atoms with van der Waals surface area (Å²) < 4.78 is 25.3. The lowest BCUT2D eigenvalue weighted by Crippen LogP contribution is -2.32. The molecule has 8 heteroatoms. The Morgan fingerprint density at radius 1 is 1.16 bits per heavy atom. The van der Waals surface area contributed by atoms with E-state index in [4.69, 9.17) is 11.6 Å². The number of amides is 1. The smallest absolute Gasteiger partial charge is 0.232 e. The molecule has 25 heavy (non-hydrogen) atoms. The average Bonchev–Trinajstić information content (AvgIpc) is 2.58. The number of hydrogen-bond acceptors (Lipinski definition) is 4. The Balaban J connectivity index is 1.86. The van der Waals surface area contributed by atoms with E-state index in [1.807, 2.05) is 12.1 Å². The molecule has 0 aliphatic carbocycles. The number of carbonyl (C=O) groups excluding carboxylic acids is 1.